The molecule has 2 aliphatic rings. The third-order valence-corrected chi connectivity index (χ3v) is 5.30. The summed E-state index contributed by atoms with van der Waals surface area (Å²) in [6.45, 7) is 10.4. The van der Waals surface area contributed by atoms with Crippen LogP contribution in [0.3, 0.4) is 0 Å². The average Bonchev–Trinajstić information content (AvgIpc) is 2.48. The first-order valence-corrected chi connectivity index (χ1v) is 8.64. The molecule has 0 N–H and O–H groups in total. The SMILES string of the molecule is CC.CCC1CCC2(CC1)CN(c1c(C)cccc1F)C2. The summed E-state index contributed by atoms with van der Waals surface area (Å²) >= 11 is 0. The normalized spacial score (nSPS) is 20.7. The largest absolute Gasteiger partial charge is 0.368 e. The van der Waals surface area contributed by atoms with E-state index in [4.69, 9.17) is 0 Å². The third-order valence-electron chi connectivity index (χ3n) is 5.30. The minimum atomic E-state index is -0.0582. The minimum absolute atomic E-state index is 0.0582. The first kappa shape index (κ1) is 16.3. The number of hydrogen-bond donors (Lipinski definition) is 0. The van der Waals surface area contributed by atoms with Gasteiger partial charge in [0.25, 0.3) is 0 Å². The Kier molecular flexibility index (Phi) is 5.29. The Morgan fingerprint density at radius 3 is 2.33 bits per heavy atom. The fourth-order valence-electron chi connectivity index (χ4n) is 3.96. The Bertz CT molecular complexity index is 432. The van der Waals surface area contributed by atoms with E-state index in [1.165, 1.54) is 32.1 Å². The first-order chi connectivity index (χ1) is 10.1. The van der Waals surface area contributed by atoms with Crippen molar-refractivity contribution in [3.63, 3.8) is 0 Å². The lowest BCUT2D eigenvalue weighted by atomic mass is 9.65. The summed E-state index contributed by atoms with van der Waals surface area (Å²) in [7, 11) is 0. The van der Waals surface area contributed by atoms with Crippen LogP contribution in [0, 0.1) is 24.1 Å². The molecule has 1 spiro atoms. The lowest BCUT2D eigenvalue weighted by Crippen LogP contribution is -2.58. The predicted molar refractivity (Wildman–Crippen MR) is 89.4 cm³/mol. The maximum Gasteiger partial charge on any atom is 0.146 e. The maximum atomic E-state index is 14.0. The van der Waals surface area contributed by atoms with E-state index in [0.717, 1.165) is 30.3 Å². The van der Waals surface area contributed by atoms with Gasteiger partial charge in [0, 0.05) is 18.5 Å². The number of benzene rings is 1. The van der Waals surface area contributed by atoms with Gasteiger partial charge in [0.1, 0.15) is 5.82 Å². The highest BCUT2D eigenvalue weighted by molar-refractivity contribution is 5.56. The molecule has 1 aliphatic heterocycles. The molecule has 2 fully saturated rings. The number of nitrogens with zero attached hydrogens (tertiary/aromatic N) is 1. The van der Waals surface area contributed by atoms with Crippen molar-refractivity contribution >= 4 is 5.69 Å². The van der Waals surface area contributed by atoms with E-state index in [9.17, 15) is 4.39 Å². The molecule has 0 atom stereocenters. The molecule has 0 bridgehead atoms. The molecule has 1 aliphatic carbocycles. The van der Waals surface area contributed by atoms with Crippen LogP contribution in [-0.4, -0.2) is 13.1 Å². The first-order valence-electron chi connectivity index (χ1n) is 8.64. The summed E-state index contributed by atoms with van der Waals surface area (Å²) in [5.41, 5.74) is 2.41. The third kappa shape index (κ3) is 3.25. The van der Waals surface area contributed by atoms with Crippen molar-refractivity contribution in [1.82, 2.24) is 0 Å². The summed E-state index contributed by atoms with van der Waals surface area (Å²) in [6, 6.07) is 5.40. The van der Waals surface area contributed by atoms with Gasteiger partial charge < -0.3 is 4.90 Å². The van der Waals surface area contributed by atoms with Gasteiger partial charge >= 0.3 is 0 Å². The van der Waals surface area contributed by atoms with Gasteiger partial charge in [-0.2, -0.15) is 0 Å². The predicted octanol–water partition coefficient (Wildman–Crippen LogP) is 5.57. The molecule has 0 amide bonds. The van der Waals surface area contributed by atoms with Crippen molar-refractivity contribution in [3.05, 3.63) is 29.6 Å². The Balaban J connectivity index is 0.000000774. The molecule has 1 heterocycles. The van der Waals surface area contributed by atoms with Gasteiger partial charge in [-0.25, -0.2) is 4.39 Å². The van der Waals surface area contributed by atoms with E-state index in [-0.39, 0.29) is 5.82 Å². The van der Waals surface area contributed by atoms with Gasteiger partial charge in [0.05, 0.1) is 5.69 Å². The van der Waals surface area contributed by atoms with Crippen molar-refractivity contribution in [2.75, 3.05) is 18.0 Å². The van der Waals surface area contributed by atoms with Crippen molar-refractivity contribution in [3.8, 4) is 0 Å². The van der Waals surface area contributed by atoms with E-state index in [0.29, 0.717) is 5.41 Å². The van der Waals surface area contributed by atoms with Crippen LogP contribution in [-0.2, 0) is 0 Å². The number of hydrogen-bond acceptors (Lipinski definition) is 1. The van der Waals surface area contributed by atoms with Crippen LogP contribution in [0.15, 0.2) is 18.2 Å². The molecule has 0 aromatic heterocycles. The topological polar surface area (TPSA) is 3.24 Å². The van der Waals surface area contributed by atoms with Crippen molar-refractivity contribution in [2.45, 2.75) is 59.8 Å². The van der Waals surface area contributed by atoms with Gasteiger partial charge in [-0.05, 0) is 50.2 Å². The summed E-state index contributed by atoms with van der Waals surface area (Å²) in [5, 5.41) is 0. The van der Waals surface area contributed by atoms with Gasteiger partial charge in [0.2, 0.25) is 0 Å². The number of aryl methyl sites for hydroxylation is 1. The Morgan fingerprint density at radius 2 is 1.81 bits per heavy atom. The summed E-state index contributed by atoms with van der Waals surface area (Å²) < 4.78 is 14.0. The Labute approximate surface area is 129 Å². The van der Waals surface area contributed by atoms with E-state index < -0.39 is 0 Å². The van der Waals surface area contributed by atoms with Crippen molar-refractivity contribution < 1.29 is 4.39 Å². The lowest BCUT2D eigenvalue weighted by molar-refractivity contribution is 0.107. The highest BCUT2D eigenvalue weighted by atomic mass is 19.1. The van der Waals surface area contributed by atoms with E-state index in [1.807, 2.05) is 26.8 Å². The molecule has 1 saturated heterocycles. The number of halogens is 1. The highest BCUT2D eigenvalue weighted by Gasteiger charge is 2.45. The van der Waals surface area contributed by atoms with Crippen LogP contribution in [0.25, 0.3) is 0 Å². The average molecular weight is 291 g/mol. The van der Waals surface area contributed by atoms with Crippen LogP contribution in [0.5, 0.6) is 0 Å². The zero-order valence-corrected chi connectivity index (χ0v) is 14.1. The van der Waals surface area contributed by atoms with Crippen LogP contribution in [0.4, 0.5) is 10.1 Å². The Hall–Kier alpha value is -1.05. The van der Waals surface area contributed by atoms with Crippen LogP contribution >= 0.6 is 0 Å². The van der Waals surface area contributed by atoms with Crippen LogP contribution in [0.2, 0.25) is 0 Å². The monoisotopic (exact) mass is 291 g/mol. The zero-order chi connectivity index (χ0) is 15.5. The van der Waals surface area contributed by atoms with Crippen molar-refractivity contribution in [1.29, 1.82) is 0 Å². The maximum absolute atomic E-state index is 14.0. The molecule has 1 aromatic carbocycles. The smallest absolute Gasteiger partial charge is 0.146 e. The molecule has 118 valence electrons. The van der Waals surface area contributed by atoms with Gasteiger partial charge in [-0.1, -0.05) is 39.3 Å². The molecule has 0 unspecified atom stereocenters. The van der Waals surface area contributed by atoms with Crippen LogP contribution < -0.4 is 4.90 Å². The molecular weight excluding hydrogens is 261 g/mol. The fraction of sp³-hybridized carbons (Fsp3) is 0.684. The number of para-hydroxylation sites is 1. The van der Waals surface area contributed by atoms with Gasteiger partial charge in [-0.3, -0.25) is 0 Å². The number of anilines is 1. The van der Waals surface area contributed by atoms with E-state index >= 15 is 0 Å². The molecule has 1 saturated carbocycles. The second kappa shape index (κ2) is 6.81. The fourth-order valence-corrected chi connectivity index (χ4v) is 3.96. The molecule has 21 heavy (non-hydrogen) atoms. The summed E-state index contributed by atoms with van der Waals surface area (Å²) in [6.07, 6.45) is 6.76. The standard InChI is InChI=1S/C17H24FN.C2H6/c1-3-14-7-9-17(10-8-14)11-19(12-17)16-13(2)5-4-6-15(16)18;1-2/h4-6,14H,3,7-12H2,1-2H3;1-2H3. The highest BCUT2D eigenvalue weighted by Crippen LogP contribution is 2.48. The van der Waals surface area contributed by atoms with Gasteiger partial charge in [0.15, 0.2) is 0 Å². The molecule has 0 radical (unpaired) electrons. The van der Waals surface area contributed by atoms with E-state index in [1.54, 1.807) is 12.1 Å². The molecule has 2 heteroatoms. The second-order valence-corrected chi connectivity index (χ2v) is 6.61. The lowest BCUT2D eigenvalue weighted by Gasteiger charge is -2.55. The van der Waals surface area contributed by atoms with Gasteiger partial charge in [-0.15, -0.1) is 0 Å². The molecule has 3 rings (SSSR count). The second-order valence-electron chi connectivity index (χ2n) is 6.61. The molecule has 1 nitrogen and oxygen atoms in total. The Morgan fingerprint density at radius 1 is 1.19 bits per heavy atom. The molecule has 1 aromatic rings. The number of rotatable bonds is 2. The minimum Gasteiger partial charge on any atom is -0.368 e. The quantitative estimate of drug-likeness (QED) is 0.689. The molecular formula is C19H30FN. The van der Waals surface area contributed by atoms with Crippen LogP contribution in [0.1, 0.15) is 58.4 Å². The summed E-state index contributed by atoms with van der Waals surface area (Å²) in [5.74, 6) is 0.881. The van der Waals surface area contributed by atoms with E-state index in [2.05, 4.69) is 11.8 Å². The summed E-state index contributed by atoms with van der Waals surface area (Å²) in [4.78, 5) is 2.25. The zero-order valence-electron chi connectivity index (χ0n) is 14.1. The van der Waals surface area contributed by atoms with Crippen molar-refractivity contribution in [2.24, 2.45) is 11.3 Å².